The maximum Gasteiger partial charge on any atom is 0.231 e. The van der Waals surface area contributed by atoms with Crippen molar-refractivity contribution in [1.82, 2.24) is 14.9 Å². The van der Waals surface area contributed by atoms with E-state index in [0.717, 1.165) is 50.0 Å². The van der Waals surface area contributed by atoms with E-state index in [1.54, 1.807) is 6.07 Å². The molecule has 0 saturated carbocycles. The lowest BCUT2D eigenvalue weighted by atomic mass is 10.1. The minimum Gasteiger partial charge on any atom is -0.454 e. The maximum absolute atomic E-state index is 5.96. The molecule has 2 aromatic rings. The van der Waals surface area contributed by atoms with Gasteiger partial charge in [0.05, 0.1) is 0 Å². The van der Waals surface area contributed by atoms with Gasteiger partial charge in [0.2, 0.25) is 12.7 Å². The van der Waals surface area contributed by atoms with Crippen molar-refractivity contribution >= 4 is 23.4 Å². The molecule has 0 unspecified atom stereocenters. The lowest BCUT2D eigenvalue weighted by molar-refractivity contribution is 0.174. The summed E-state index contributed by atoms with van der Waals surface area (Å²) in [6.07, 6.45) is 0. The number of piperazine rings is 1. The van der Waals surface area contributed by atoms with Gasteiger partial charge in [0.1, 0.15) is 11.0 Å². The predicted molar refractivity (Wildman–Crippen MR) is 91.5 cm³/mol. The van der Waals surface area contributed by atoms with E-state index in [-0.39, 0.29) is 5.95 Å². The SMILES string of the molecule is Nc1nc(Cl)cc(N2CCN(Cc3ccc4c(c3)OCO4)CC2)n1. The first kappa shape index (κ1) is 15.3. The third-order valence-electron chi connectivity index (χ3n) is 4.24. The molecule has 2 aliphatic rings. The monoisotopic (exact) mass is 347 g/mol. The second kappa shape index (κ2) is 6.33. The van der Waals surface area contributed by atoms with Crippen LogP contribution in [0.25, 0.3) is 0 Å². The van der Waals surface area contributed by atoms with Crippen LogP contribution in [0.5, 0.6) is 11.5 Å². The zero-order chi connectivity index (χ0) is 16.5. The Morgan fingerprint density at radius 2 is 1.83 bits per heavy atom. The van der Waals surface area contributed by atoms with Gasteiger partial charge in [0, 0.05) is 38.8 Å². The summed E-state index contributed by atoms with van der Waals surface area (Å²) in [5.74, 6) is 2.65. The molecule has 2 N–H and O–H groups in total. The van der Waals surface area contributed by atoms with Gasteiger partial charge in [0.25, 0.3) is 0 Å². The minimum absolute atomic E-state index is 0.209. The maximum atomic E-state index is 5.96. The summed E-state index contributed by atoms with van der Waals surface area (Å²) >= 11 is 5.96. The van der Waals surface area contributed by atoms with Crippen LogP contribution in [0, 0.1) is 0 Å². The van der Waals surface area contributed by atoms with Crippen molar-refractivity contribution in [2.24, 2.45) is 0 Å². The summed E-state index contributed by atoms with van der Waals surface area (Å²) in [7, 11) is 0. The fourth-order valence-electron chi connectivity index (χ4n) is 3.02. The van der Waals surface area contributed by atoms with E-state index in [0.29, 0.717) is 11.9 Å². The summed E-state index contributed by atoms with van der Waals surface area (Å²) in [5.41, 5.74) is 6.90. The van der Waals surface area contributed by atoms with Gasteiger partial charge < -0.3 is 20.1 Å². The number of rotatable bonds is 3. The van der Waals surface area contributed by atoms with E-state index in [1.807, 2.05) is 6.07 Å². The second-order valence-corrected chi connectivity index (χ2v) is 6.25. The van der Waals surface area contributed by atoms with E-state index in [4.69, 9.17) is 26.8 Å². The molecule has 126 valence electrons. The highest BCUT2D eigenvalue weighted by Gasteiger charge is 2.20. The fraction of sp³-hybridized carbons (Fsp3) is 0.375. The van der Waals surface area contributed by atoms with Crippen LogP contribution in [-0.2, 0) is 6.54 Å². The normalized spacial score (nSPS) is 17.3. The molecule has 4 rings (SSSR count). The molecule has 3 heterocycles. The average Bonchev–Trinajstić information content (AvgIpc) is 3.02. The number of nitrogens with two attached hydrogens (primary N) is 1. The van der Waals surface area contributed by atoms with Crippen molar-refractivity contribution in [2.45, 2.75) is 6.54 Å². The number of benzene rings is 1. The third-order valence-corrected chi connectivity index (χ3v) is 4.43. The topological polar surface area (TPSA) is 76.7 Å². The predicted octanol–water partition coefficient (Wildman–Crippen LogP) is 1.76. The number of aromatic nitrogens is 2. The number of nitrogens with zero attached hydrogens (tertiary/aromatic N) is 4. The van der Waals surface area contributed by atoms with Gasteiger partial charge in [-0.1, -0.05) is 17.7 Å². The molecule has 8 heteroatoms. The van der Waals surface area contributed by atoms with E-state index in [1.165, 1.54) is 5.56 Å². The van der Waals surface area contributed by atoms with E-state index >= 15 is 0 Å². The number of halogens is 1. The van der Waals surface area contributed by atoms with E-state index in [9.17, 15) is 0 Å². The highest BCUT2D eigenvalue weighted by atomic mass is 35.5. The highest BCUT2D eigenvalue weighted by molar-refractivity contribution is 6.29. The largest absolute Gasteiger partial charge is 0.454 e. The molecule has 1 aromatic carbocycles. The molecule has 2 aliphatic heterocycles. The lowest BCUT2D eigenvalue weighted by Gasteiger charge is -2.35. The summed E-state index contributed by atoms with van der Waals surface area (Å²) in [5, 5.41) is 0.375. The number of hydrogen-bond donors (Lipinski definition) is 1. The summed E-state index contributed by atoms with van der Waals surface area (Å²) < 4.78 is 10.8. The molecular formula is C16H18ClN5O2. The Morgan fingerprint density at radius 3 is 2.62 bits per heavy atom. The number of fused-ring (bicyclic) bond motifs is 1. The van der Waals surface area contributed by atoms with Crippen LogP contribution in [0.4, 0.5) is 11.8 Å². The van der Waals surface area contributed by atoms with Crippen molar-refractivity contribution in [2.75, 3.05) is 43.6 Å². The van der Waals surface area contributed by atoms with Crippen molar-refractivity contribution in [1.29, 1.82) is 0 Å². The van der Waals surface area contributed by atoms with Crippen LogP contribution >= 0.6 is 11.6 Å². The minimum atomic E-state index is 0.209. The molecule has 1 aromatic heterocycles. The van der Waals surface area contributed by atoms with E-state index < -0.39 is 0 Å². The molecule has 0 spiro atoms. The first-order valence-electron chi connectivity index (χ1n) is 7.83. The van der Waals surface area contributed by atoms with Gasteiger partial charge in [0.15, 0.2) is 11.5 Å². The Labute approximate surface area is 144 Å². The van der Waals surface area contributed by atoms with Crippen LogP contribution in [0.1, 0.15) is 5.56 Å². The molecule has 7 nitrogen and oxygen atoms in total. The second-order valence-electron chi connectivity index (χ2n) is 5.86. The van der Waals surface area contributed by atoms with Gasteiger partial charge in [-0.3, -0.25) is 4.90 Å². The molecule has 0 radical (unpaired) electrons. The Balaban J connectivity index is 1.37. The molecule has 0 amide bonds. The Hall–Kier alpha value is -2.25. The Morgan fingerprint density at radius 1 is 1.04 bits per heavy atom. The fourth-order valence-corrected chi connectivity index (χ4v) is 3.20. The molecule has 24 heavy (non-hydrogen) atoms. The van der Waals surface area contributed by atoms with Crippen LogP contribution in [0.2, 0.25) is 5.15 Å². The number of nitrogen functional groups attached to an aromatic ring is 1. The van der Waals surface area contributed by atoms with Crippen molar-refractivity contribution in [3.63, 3.8) is 0 Å². The molecule has 0 bridgehead atoms. The van der Waals surface area contributed by atoms with Crippen molar-refractivity contribution in [3.8, 4) is 11.5 Å². The molecule has 0 aliphatic carbocycles. The highest BCUT2D eigenvalue weighted by Crippen LogP contribution is 2.33. The average molecular weight is 348 g/mol. The van der Waals surface area contributed by atoms with Gasteiger partial charge in [-0.25, -0.2) is 4.98 Å². The van der Waals surface area contributed by atoms with Crippen LogP contribution in [-0.4, -0.2) is 47.8 Å². The van der Waals surface area contributed by atoms with Crippen LogP contribution in [0.15, 0.2) is 24.3 Å². The standard InChI is InChI=1S/C16H18ClN5O2/c17-14-8-15(20-16(18)19-14)22-5-3-21(4-6-22)9-11-1-2-12-13(7-11)24-10-23-12/h1-2,7-8H,3-6,9-10H2,(H2,18,19,20). The Bertz CT molecular complexity index is 729. The molecular weight excluding hydrogens is 330 g/mol. The van der Waals surface area contributed by atoms with Crippen molar-refractivity contribution in [3.05, 3.63) is 35.0 Å². The number of ether oxygens (including phenoxy) is 2. The van der Waals surface area contributed by atoms with Gasteiger partial charge in [-0.2, -0.15) is 4.98 Å². The Kier molecular flexibility index (Phi) is 4.03. The van der Waals surface area contributed by atoms with Gasteiger partial charge in [-0.15, -0.1) is 0 Å². The number of hydrogen-bond acceptors (Lipinski definition) is 7. The zero-order valence-corrected chi connectivity index (χ0v) is 13.9. The first-order chi connectivity index (χ1) is 11.7. The smallest absolute Gasteiger partial charge is 0.231 e. The first-order valence-corrected chi connectivity index (χ1v) is 8.21. The van der Waals surface area contributed by atoms with E-state index in [2.05, 4.69) is 31.9 Å². The summed E-state index contributed by atoms with van der Waals surface area (Å²) in [6, 6.07) is 7.87. The van der Waals surface area contributed by atoms with Gasteiger partial charge in [-0.05, 0) is 17.7 Å². The number of anilines is 2. The van der Waals surface area contributed by atoms with Crippen LogP contribution < -0.4 is 20.1 Å². The molecule has 1 fully saturated rings. The quantitative estimate of drug-likeness (QED) is 0.848. The molecule has 1 saturated heterocycles. The third kappa shape index (κ3) is 3.18. The summed E-state index contributed by atoms with van der Waals surface area (Å²) in [4.78, 5) is 12.8. The van der Waals surface area contributed by atoms with Crippen molar-refractivity contribution < 1.29 is 9.47 Å². The zero-order valence-electron chi connectivity index (χ0n) is 13.1. The van der Waals surface area contributed by atoms with Gasteiger partial charge >= 0.3 is 0 Å². The van der Waals surface area contributed by atoms with Crippen LogP contribution in [0.3, 0.4) is 0 Å². The molecule has 0 atom stereocenters. The summed E-state index contributed by atoms with van der Waals surface area (Å²) in [6.45, 7) is 4.82. The lowest BCUT2D eigenvalue weighted by Crippen LogP contribution is -2.46.